The number of alkyl halides is 8. The zero-order valence-electron chi connectivity index (χ0n) is 92.4. The highest BCUT2D eigenvalue weighted by atomic mass is 32.1. The highest BCUT2D eigenvalue weighted by Gasteiger charge is 2.62. The van der Waals surface area contributed by atoms with Gasteiger partial charge < -0.3 is 41.1 Å². The number of ketones is 10. The quantitative estimate of drug-likeness (QED) is 0.00871. The Morgan fingerprint density at radius 2 is 0.592 bits per heavy atom. The monoisotopic (exact) mass is 2270 g/mol. The maximum atomic E-state index is 14.0. The van der Waals surface area contributed by atoms with E-state index in [1.165, 1.54) is 91.5 Å². The molecule has 0 fully saturated rings. The number of unbranched alkanes of at least 4 members (excludes halogenated alkanes) is 12. The number of rotatable bonds is 58. The van der Waals surface area contributed by atoms with E-state index in [-0.39, 0.29) is 65.3 Å². The summed E-state index contributed by atoms with van der Waals surface area (Å²) in [4.78, 5) is 102. The lowest BCUT2D eigenvalue weighted by atomic mass is 10.1. The van der Waals surface area contributed by atoms with Crippen LogP contribution >= 0.6 is 75.6 Å². The summed E-state index contributed by atoms with van der Waals surface area (Å²) in [6, 6.07) is 34.9. The van der Waals surface area contributed by atoms with Crippen molar-refractivity contribution < 1.29 is 124 Å². The summed E-state index contributed by atoms with van der Waals surface area (Å²) >= 11 is 1.15. The topological polar surface area (TPSA) is 350 Å². The van der Waals surface area contributed by atoms with Crippen molar-refractivity contribution in [2.75, 3.05) is 120 Å². The molecule has 0 radical (unpaired) electrons. The average Bonchev–Trinajstić information content (AvgIpc) is 1.00. The Balaban J connectivity index is -0.000000522. The summed E-state index contributed by atoms with van der Waals surface area (Å²) < 4.78 is 210. The molecular weight excluding hydrogens is 2090 g/mol. The number of nitrogens with zero attached hydrogens (tertiary/aromatic N) is 2. The van der Waals surface area contributed by atoms with Crippen LogP contribution in [-0.2, 0) is 84.2 Å². The number of allylic oxidation sites excluding steroid dienone is 2. The van der Waals surface area contributed by atoms with Gasteiger partial charge in [-0.2, -0.15) is 35.1 Å². The van der Waals surface area contributed by atoms with E-state index in [1.807, 2.05) is 144 Å². The Hall–Kier alpha value is -5.87. The summed E-state index contributed by atoms with van der Waals surface area (Å²) in [6.45, 7) is 50.1. The first-order valence-corrected chi connectivity index (χ1v) is 72.2. The maximum Gasteiger partial charge on any atom is 0.461 e. The number of hydrogen-bond donors (Lipinski definition) is 0. The number of carbonyl (C=O) groups excluding carboxylic acids is 10. The van der Waals surface area contributed by atoms with Crippen molar-refractivity contribution in [3.8, 4) is 0 Å². The normalized spacial score (nSPS) is 13.1. The third-order valence-corrected chi connectivity index (χ3v) is 51.8. The molecule has 0 amide bonds. The molecule has 5 aromatic rings. The van der Waals surface area contributed by atoms with E-state index in [9.17, 15) is 124 Å². The van der Waals surface area contributed by atoms with Crippen LogP contribution in [0.5, 0.6) is 0 Å². The van der Waals surface area contributed by atoms with E-state index >= 15 is 0 Å². The molecule has 4 unspecified atom stereocenters. The second-order valence-corrected chi connectivity index (χ2v) is 69.2. The number of aromatic nitrogens is 2. The van der Waals surface area contributed by atoms with Gasteiger partial charge in [0.15, 0.2) is 5.01 Å². The van der Waals surface area contributed by atoms with Crippen molar-refractivity contribution in [1.82, 2.24) is 10.2 Å². The van der Waals surface area contributed by atoms with Gasteiger partial charge in [0.2, 0.25) is 17.3 Å². The Morgan fingerprint density at radius 1 is 0.333 bits per heavy atom. The van der Waals surface area contributed by atoms with Crippen LogP contribution < -0.4 is 31.8 Å². The Bertz CT molecular complexity index is 4890. The molecule has 1 heterocycles. The van der Waals surface area contributed by atoms with Crippen LogP contribution in [0.3, 0.4) is 0 Å². The van der Waals surface area contributed by atoms with Gasteiger partial charge in [0.05, 0.1) is 60.7 Å². The van der Waals surface area contributed by atoms with Crippen LogP contribution in [0, 0.1) is 0 Å². The smallest absolute Gasteiger partial charge is 0.324 e. The van der Waals surface area contributed by atoms with E-state index in [0.29, 0.717) is 29.7 Å². The number of carbonyl (C=O) groups is 10. The first kappa shape index (κ1) is 150. The summed E-state index contributed by atoms with van der Waals surface area (Å²) in [5.41, 5.74) is 1.62. The van der Waals surface area contributed by atoms with E-state index < -0.39 is 119 Å². The van der Waals surface area contributed by atoms with Crippen LogP contribution in [0.15, 0.2) is 140 Å². The van der Waals surface area contributed by atoms with Crippen molar-refractivity contribution >= 4 is 165 Å². The van der Waals surface area contributed by atoms with Crippen LogP contribution in [0.1, 0.15) is 302 Å². The number of hydrogen-bond acceptors (Lipinski definition) is 22. The van der Waals surface area contributed by atoms with Crippen LogP contribution in [0.25, 0.3) is 0 Å². The Morgan fingerprint density at radius 3 is 0.803 bits per heavy atom. The van der Waals surface area contributed by atoms with Crippen molar-refractivity contribution in [3.63, 3.8) is 0 Å². The zero-order valence-corrected chi connectivity index (χ0v) is 101. The summed E-state index contributed by atoms with van der Waals surface area (Å²) in [7, 11) is -20.8. The van der Waals surface area contributed by atoms with Crippen LogP contribution in [-0.4, -0.2) is 217 Å². The zero-order chi connectivity index (χ0) is 115. The molecule has 147 heavy (non-hydrogen) atoms. The molecular formula is C108H177F8N2O19P9S. The molecule has 0 spiro atoms. The fourth-order valence-electron chi connectivity index (χ4n) is 13.8. The minimum Gasteiger partial charge on any atom is -0.324 e. The maximum absolute atomic E-state index is 14.0. The fraction of sp³-hybridized carbons (Fsp3) is 0.630. The van der Waals surface area contributed by atoms with E-state index in [1.54, 1.807) is 38.8 Å². The first-order valence-electron chi connectivity index (χ1n) is 51.0. The lowest BCUT2D eigenvalue weighted by molar-refractivity contribution is -0.268. The van der Waals surface area contributed by atoms with Gasteiger partial charge in [-0.25, -0.2) is 0 Å². The molecule has 1 aromatic heterocycles. The molecule has 840 valence electrons. The van der Waals surface area contributed by atoms with Crippen molar-refractivity contribution in [2.45, 2.75) is 322 Å². The second-order valence-electron chi connectivity index (χ2n) is 38.5. The van der Waals surface area contributed by atoms with Crippen molar-refractivity contribution in [1.29, 1.82) is 0 Å². The Labute approximate surface area is 880 Å². The molecule has 0 N–H and O–H groups in total. The Kier molecular flexibility index (Phi) is 79.7. The van der Waals surface area contributed by atoms with Gasteiger partial charge in [-0.1, -0.05) is 293 Å². The molecule has 0 saturated carbocycles. The van der Waals surface area contributed by atoms with Gasteiger partial charge in [-0.15, -0.1) is 23.4 Å². The molecule has 4 aromatic carbocycles. The molecule has 4 atom stereocenters. The van der Waals surface area contributed by atoms with Gasteiger partial charge in [0.1, 0.15) is 81.7 Å². The number of Topliss-reactive ketones (excluding diaryl/α,β-unsaturated/α-hetero) is 10. The molecule has 0 aliphatic carbocycles. The lowest BCUT2D eigenvalue weighted by Crippen LogP contribution is -2.44. The van der Waals surface area contributed by atoms with E-state index in [0.717, 1.165) is 196 Å². The van der Waals surface area contributed by atoms with E-state index in [2.05, 4.69) is 78.7 Å². The average molecular weight is 2270 g/mol. The first-order chi connectivity index (χ1) is 67.9. The van der Waals surface area contributed by atoms with Gasteiger partial charge in [-0.05, 0) is 133 Å². The molecule has 5 rings (SSSR count). The van der Waals surface area contributed by atoms with Crippen molar-refractivity contribution in [2.24, 2.45) is 0 Å². The highest BCUT2D eigenvalue weighted by Crippen LogP contribution is 2.57. The summed E-state index contributed by atoms with van der Waals surface area (Å²) in [5, 5.41) is 12.7. The highest BCUT2D eigenvalue weighted by molar-refractivity contribution is 7.79. The van der Waals surface area contributed by atoms with Gasteiger partial charge in [0.25, 0.3) is 0 Å². The molecule has 0 aliphatic rings. The molecule has 39 heteroatoms. The van der Waals surface area contributed by atoms with Gasteiger partial charge in [-0.3, -0.25) is 47.9 Å². The molecule has 0 aliphatic heterocycles. The third kappa shape index (κ3) is 68.1. The second kappa shape index (κ2) is 78.3. The summed E-state index contributed by atoms with van der Waals surface area (Å²) in [6.07, 6.45) is 22.6. The lowest BCUT2D eigenvalue weighted by Gasteiger charge is -2.26. The fourth-order valence-corrected chi connectivity index (χ4v) is 40.0. The predicted molar refractivity (Wildman–Crippen MR) is 607 cm³/mol. The van der Waals surface area contributed by atoms with Crippen LogP contribution in [0.2, 0.25) is 0 Å². The largest absolute Gasteiger partial charge is 0.461 e. The molecule has 21 nitrogen and oxygen atoms in total. The SMILES string of the molecule is C=CCP(C)(=O)CCP(C)(=O)CC=C.CC(=O)CC(=O)C(F)(F)C(F)(F)F.CC(=O)CC(=O)C(F)(F)F.CC(=O)CC(=O)c1nncs1.CC(=O)CC(C)=O.CC(=O)CC(C)=O.CC(C)P(C)(=O)c1ccccc1P(C)(=O)C(C)C.CCCCCP(=O)(CCCCC)CCP(=O)(CCCCC)CCCCC.CCCCP(=O)(CCCC)c1ccccc1P(=O)(CCCC)CCCC.CP(=O)(c1ccccc1)c1ccccc1. The van der Waals surface area contributed by atoms with Crippen molar-refractivity contribution in [3.05, 3.63) is 145 Å². The summed E-state index contributed by atoms with van der Waals surface area (Å²) in [5.74, 6) is -12.3. The van der Waals surface area contributed by atoms with Crippen LogP contribution in [0.4, 0.5) is 35.1 Å². The molecule has 0 saturated heterocycles. The van der Waals surface area contributed by atoms with Gasteiger partial charge >= 0.3 is 18.3 Å². The minimum atomic E-state index is -5.93. The number of benzene rings is 4. The predicted octanol–water partition coefficient (Wildman–Crippen LogP) is 29.7. The van der Waals surface area contributed by atoms with Gasteiger partial charge in [0, 0.05) is 129 Å². The minimum absolute atomic E-state index is 0.0625. The molecule has 0 bridgehead atoms. The van der Waals surface area contributed by atoms with E-state index in [4.69, 9.17) is 0 Å². The third-order valence-electron chi connectivity index (χ3n) is 23.1. The standard InChI is InChI=1S/C22H40O2P2.C22H48O2P2.C14H24O2P2.C13H13OP.C10H20O2P2.C6H5F5O2.C6H6N2O2S.C5H5F3O2.2C5H8O2/c1-5-9-17-25(23,18-10-6-2)21-15-13-14-16-22(21)26(24,19-11-7-3)20-12-8-4;1-5-9-13-17-25(23,18-14-10-6-2)21-22-26(24,19-15-11-7-3)20-16-12-8-4;1-11(2)17(5,15)13-9-7-8-10-14(13)18(6,16)12(3)4;1-15(14,12-8-4-2-5-9-12)13-10-6-3-7-11-13;1-5-7-13(3,11)9-10-14(4,12)8-6-2;1-3(12)2-4(13)5(7,8)6(9,10)11;1-4(9)2-5(10)6-8-7-3-11-6;1-3(9)2-4(10)5(6,7)8;2*1-4(6)3-5(2)7/h13-16H,5-12,17-20H2,1-4H3;5-22H2,1-4H3;7-12H,1-6H3;2-11H,1H3;5-6H,1-2,7-10H2,3-4H3;2H2,1H3;3H,2H2,1H3;2H2,1H3;2*3H2,1-2H3. The number of halogens is 8.